The summed E-state index contributed by atoms with van der Waals surface area (Å²) in [6.07, 6.45) is 0.994. The predicted molar refractivity (Wildman–Crippen MR) is 96.3 cm³/mol. The molecule has 1 nitrogen and oxygen atoms in total. The molecule has 3 heteroatoms. The maximum absolute atomic E-state index is 6.34. The highest BCUT2D eigenvalue weighted by Crippen LogP contribution is 2.39. The molecular formula is C18H25NS2. The second-order valence-electron chi connectivity index (χ2n) is 6.44. The van der Waals surface area contributed by atoms with Gasteiger partial charge >= 0.3 is 0 Å². The van der Waals surface area contributed by atoms with Gasteiger partial charge in [0.05, 0.1) is 5.25 Å². The fourth-order valence-corrected chi connectivity index (χ4v) is 4.25. The third-order valence-corrected chi connectivity index (χ3v) is 5.84. The molecular weight excluding hydrogens is 294 g/mol. The molecule has 0 aliphatic heterocycles. The van der Waals surface area contributed by atoms with Gasteiger partial charge in [0.1, 0.15) is 0 Å². The average Bonchev–Trinajstić information content (AvgIpc) is 2.97. The van der Waals surface area contributed by atoms with Crippen LogP contribution in [0.15, 0.2) is 46.0 Å². The summed E-state index contributed by atoms with van der Waals surface area (Å²) in [5.74, 6) is 0. The summed E-state index contributed by atoms with van der Waals surface area (Å²) in [4.78, 5) is 1.29. The van der Waals surface area contributed by atoms with Crippen molar-refractivity contribution >= 4 is 23.1 Å². The summed E-state index contributed by atoms with van der Waals surface area (Å²) in [5, 5.41) is 4.69. The van der Waals surface area contributed by atoms with Crippen molar-refractivity contribution in [1.29, 1.82) is 0 Å². The molecule has 0 bridgehead atoms. The highest BCUT2D eigenvalue weighted by molar-refractivity contribution is 7.99. The zero-order chi connectivity index (χ0) is 15.5. The zero-order valence-corrected chi connectivity index (χ0v) is 14.9. The van der Waals surface area contributed by atoms with Crippen LogP contribution in [0.1, 0.15) is 50.5 Å². The molecule has 0 spiro atoms. The summed E-state index contributed by atoms with van der Waals surface area (Å²) >= 11 is 3.62. The summed E-state index contributed by atoms with van der Waals surface area (Å²) in [7, 11) is 0. The van der Waals surface area contributed by atoms with Crippen molar-refractivity contribution in [3.63, 3.8) is 0 Å². The van der Waals surface area contributed by atoms with Gasteiger partial charge in [-0.15, -0.1) is 11.8 Å². The highest BCUT2D eigenvalue weighted by atomic mass is 32.2. The Morgan fingerprint density at radius 3 is 2.29 bits per heavy atom. The molecule has 2 unspecified atom stereocenters. The van der Waals surface area contributed by atoms with Crippen molar-refractivity contribution in [3.05, 3.63) is 52.2 Å². The Bertz CT molecular complexity index is 538. The van der Waals surface area contributed by atoms with Crippen molar-refractivity contribution in [2.24, 2.45) is 5.73 Å². The van der Waals surface area contributed by atoms with Crippen LogP contribution in [0.5, 0.6) is 0 Å². The maximum Gasteiger partial charge on any atom is 0.0503 e. The molecule has 1 heterocycles. The molecule has 0 aliphatic carbocycles. The van der Waals surface area contributed by atoms with E-state index in [1.165, 1.54) is 16.0 Å². The largest absolute Gasteiger partial charge is 0.326 e. The van der Waals surface area contributed by atoms with Crippen LogP contribution < -0.4 is 5.73 Å². The Balaban J connectivity index is 2.17. The number of thiophene rings is 1. The summed E-state index contributed by atoms with van der Waals surface area (Å²) in [5.41, 5.74) is 9.26. The van der Waals surface area contributed by atoms with E-state index >= 15 is 0 Å². The molecule has 0 amide bonds. The number of rotatable bonds is 5. The number of benzene rings is 1. The first kappa shape index (κ1) is 16.6. The lowest BCUT2D eigenvalue weighted by Gasteiger charge is -2.23. The molecule has 0 fully saturated rings. The van der Waals surface area contributed by atoms with Gasteiger partial charge in [0.15, 0.2) is 0 Å². The number of hydrogen-bond donors (Lipinski definition) is 1. The lowest BCUT2D eigenvalue weighted by Crippen LogP contribution is -2.25. The smallest absolute Gasteiger partial charge is 0.0503 e. The number of nitrogens with two attached hydrogens (primary N) is 1. The van der Waals surface area contributed by atoms with Crippen LogP contribution in [-0.4, -0.2) is 6.04 Å². The third-order valence-electron chi connectivity index (χ3n) is 3.72. The van der Waals surface area contributed by atoms with Crippen LogP contribution in [0.2, 0.25) is 0 Å². The van der Waals surface area contributed by atoms with E-state index in [0.29, 0.717) is 5.25 Å². The van der Waals surface area contributed by atoms with E-state index in [1.54, 1.807) is 11.3 Å². The van der Waals surface area contributed by atoms with Gasteiger partial charge in [0.25, 0.3) is 0 Å². The van der Waals surface area contributed by atoms with E-state index in [0.717, 1.165) is 6.42 Å². The molecule has 2 atom stereocenters. The fraction of sp³-hybridized carbons (Fsp3) is 0.444. The van der Waals surface area contributed by atoms with Gasteiger partial charge in [0, 0.05) is 10.9 Å². The topological polar surface area (TPSA) is 26.0 Å². The standard InChI is InChI=1S/C18H25NS2/c1-5-16(19)17(13-10-11-20-12-13)21-15-8-6-14(7-9-15)18(2,3)4/h6-12,16-17H,5,19H2,1-4H3. The Labute approximate surface area is 137 Å². The first-order valence-corrected chi connectivity index (χ1v) is 9.29. The average molecular weight is 320 g/mol. The minimum absolute atomic E-state index is 0.187. The van der Waals surface area contributed by atoms with Crippen molar-refractivity contribution in [2.45, 2.75) is 55.7 Å². The fourth-order valence-electron chi connectivity index (χ4n) is 2.23. The minimum atomic E-state index is 0.187. The Morgan fingerprint density at radius 1 is 1.14 bits per heavy atom. The summed E-state index contributed by atoms with van der Waals surface area (Å²) in [6.45, 7) is 8.90. The van der Waals surface area contributed by atoms with Gasteiger partial charge in [-0.3, -0.25) is 0 Å². The van der Waals surface area contributed by atoms with Crippen molar-refractivity contribution in [2.75, 3.05) is 0 Å². The van der Waals surface area contributed by atoms with Crippen molar-refractivity contribution in [3.8, 4) is 0 Å². The van der Waals surface area contributed by atoms with Gasteiger partial charge < -0.3 is 5.73 Å². The lowest BCUT2D eigenvalue weighted by molar-refractivity contribution is 0.589. The molecule has 1 aromatic carbocycles. The van der Waals surface area contributed by atoms with E-state index in [4.69, 9.17) is 5.73 Å². The van der Waals surface area contributed by atoms with Gasteiger partial charge in [0.2, 0.25) is 0 Å². The van der Waals surface area contributed by atoms with Crippen LogP contribution in [0.4, 0.5) is 0 Å². The molecule has 0 radical (unpaired) electrons. The minimum Gasteiger partial charge on any atom is -0.326 e. The molecule has 21 heavy (non-hydrogen) atoms. The zero-order valence-electron chi connectivity index (χ0n) is 13.3. The van der Waals surface area contributed by atoms with E-state index in [-0.39, 0.29) is 11.5 Å². The molecule has 2 rings (SSSR count). The molecule has 114 valence electrons. The van der Waals surface area contributed by atoms with Crippen molar-refractivity contribution < 1.29 is 0 Å². The Hall–Kier alpha value is -0.770. The van der Waals surface area contributed by atoms with Crippen LogP contribution in [0, 0.1) is 0 Å². The number of hydrogen-bond acceptors (Lipinski definition) is 3. The summed E-state index contributed by atoms with van der Waals surface area (Å²) in [6, 6.07) is 11.3. The van der Waals surface area contributed by atoms with Gasteiger partial charge in [-0.25, -0.2) is 0 Å². The van der Waals surface area contributed by atoms with E-state index in [9.17, 15) is 0 Å². The van der Waals surface area contributed by atoms with Crippen LogP contribution in [0.25, 0.3) is 0 Å². The van der Waals surface area contributed by atoms with E-state index in [2.05, 4.69) is 68.8 Å². The molecule has 0 saturated heterocycles. The van der Waals surface area contributed by atoms with E-state index < -0.39 is 0 Å². The molecule has 0 aliphatic rings. The number of thioether (sulfide) groups is 1. The lowest BCUT2D eigenvalue weighted by atomic mass is 9.87. The maximum atomic E-state index is 6.34. The second kappa shape index (κ2) is 6.99. The normalized spacial score (nSPS) is 14.9. The Morgan fingerprint density at radius 2 is 1.81 bits per heavy atom. The first-order chi connectivity index (χ1) is 9.91. The predicted octanol–water partition coefficient (Wildman–Crippen LogP) is 5.62. The van der Waals surface area contributed by atoms with Gasteiger partial charge in [-0.1, -0.05) is 39.8 Å². The third kappa shape index (κ3) is 4.35. The molecule has 1 aromatic heterocycles. The van der Waals surface area contributed by atoms with Gasteiger partial charge in [-0.05, 0) is 51.9 Å². The van der Waals surface area contributed by atoms with E-state index in [1.807, 2.05) is 11.8 Å². The summed E-state index contributed by atoms with van der Waals surface area (Å²) < 4.78 is 0. The highest BCUT2D eigenvalue weighted by Gasteiger charge is 2.21. The quantitative estimate of drug-likeness (QED) is 0.724. The monoisotopic (exact) mass is 319 g/mol. The van der Waals surface area contributed by atoms with Crippen LogP contribution in [-0.2, 0) is 5.41 Å². The first-order valence-electron chi connectivity index (χ1n) is 7.46. The molecule has 2 aromatic rings. The molecule has 2 N–H and O–H groups in total. The molecule has 0 saturated carbocycles. The van der Waals surface area contributed by atoms with Crippen molar-refractivity contribution in [1.82, 2.24) is 0 Å². The second-order valence-corrected chi connectivity index (χ2v) is 8.44. The SMILES string of the molecule is CCC(N)C(Sc1ccc(C(C)(C)C)cc1)c1ccsc1. The Kier molecular flexibility index (Phi) is 5.53. The van der Waals surface area contributed by atoms with Gasteiger partial charge in [-0.2, -0.15) is 11.3 Å². The van der Waals surface area contributed by atoms with Crippen LogP contribution >= 0.6 is 23.1 Å². The van der Waals surface area contributed by atoms with Crippen LogP contribution in [0.3, 0.4) is 0 Å².